The first-order valence-corrected chi connectivity index (χ1v) is 8.83. The molecular weight excluding hydrogens is 368 g/mol. The molecule has 1 aliphatic rings. The number of primary sulfonamides is 1. The molecule has 1 fully saturated rings. The number of carbonyl (C=O) groups is 1. The number of halogens is 2. The minimum Gasteiger partial charge on any atom is -0.339 e. The lowest BCUT2D eigenvalue weighted by atomic mass is 10.1. The van der Waals surface area contributed by atoms with Gasteiger partial charge in [0.15, 0.2) is 0 Å². The van der Waals surface area contributed by atoms with E-state index in [1.807, 2.05) is 0 Å². The van der Waals surface area contributed by atoms with Crippen molar-refractivity contribution in [3.05, 3.63) is 27.2 Å². The number of hydrogen-bond donors (Lipinski definition) is 1. The normalized spacial score (nSPS) is 16.2. The summed E-state index contributed by atoms with van der Waals surface area (Å²) < 4.78 is 23.2. The number of amides is 1. The molecule has 1 heterocycles. The van der Waals surface area contributed by atoms with Crippen LogP contribution in [0, 0.1) is 0 Å². The van der Waals surface area contributed by atoms with Crippen molar-refractivity contribution in [1.82, 2.24) is 4.90 Å². The van der Waals surface area contributed by atoms with E-state index in [0.717, 1.165) is 19.3 Å². The summed E-state index contributed by atoms with van der Waals surface area (Å²) in [6, 6.07) is 2.72. The molecule has 1 aliphatic heterocycles. The molecule has 1 amide bonds. The number of likely N-dealkylation sites (tertiary alicyclic amines) is 1. The number of rotatable bonds is 2. The van der Waals surface area contributed by atoms with Gasteiger partial charge in [-0.2, -0.15) is 0 Å². The highest BCUT2D eigenvalue weighted by molar-refractivity contribution is 9.10. The maximum Gasteiger partial charge on any atom is 0.253 e. The number of carbonyl (C=O) groups excluding carboxylic acids is 1. The minimum atomic E-state index is -3.94. The monoisotopic (exact) mass is 380 g/mol. The molecule has 0 saturated carbocycles. The predicted molar refractivity (Wildman–Crippen MR) is 80.3 cm³/mol. The van der Waals surface area contributed by atoms with Crippen LogP contribution in [-0.2, 0) is 10.0 Å². The average molecular weight is 382 g/mol. The predicted octanol–water partition coefficient (Wildman–Crippen LogP) is 2.38. The van der Waals surface area contributed by atoms with Gasteiger partial charge in [0, 0.05) is 18.7 Å². The largest absolute Gasteiger partial charge is 0.339 e. The molecule has 0 unspecified atom stereocenters. The number of hydrogen-bond acceptors (Lipinski definition) is 3. The van der Waals surface area contributed by atoms with Gasteiger partial charge >= 0.3 is 0 Å². The summed E-state index contributed by atoms with van der Waals surface area (Å²) >= 11 is 9.05. The Morgan fingerprint density at radius 2 is 1.85 bits per heavy atom. The van der Waals surface area contributed by atoms with Gasteiger partial charge in [0.2, 0.25) is 10.0 Å². The van der Waals surface area contributed by atoms with Crippen LogP contribution >= 0.6 is 27.5 Å². The van der Waals surface area contributed by atoms with E-state index in [9.17, 15) is 13.2 Å². The van der Waals surface area contributed by atoms with Gasteiger partial charge in [-0.05, 0) is 47.3 Å². The Kier molecular flexibility index (Phi) is 4.73. The van der Waals surface area contributed by atoms with Crippen LogP contribution < -0.4 is 5.14 Å². The molecule has 0 radical (unpaired) electrons. The molecule has 110 valence electrons. The van der Waals surface area contributed by atoms with Crippen molar-refractivity contribution in [2.24, 2.45) is 5.14 Å². The highest BCUT2D eigenvalue weighted by Gasteiger charge is 2.23. The van der Waals surface area contributed by atoms with Gasteiger partial charge < -0.3 is 4.90 Å². The maximum atomic E-state index is 12.4. The summed E-state index contributed by atoms with van der Waals surface area (Å²) in [4.78, 5) is 13.9. The first-order chi connectivity index (χ1) is 9.30. The van der Waals surface area contributed by atoms with Gasteiger partial charge in [0.25, 0.3) is 5.91 Å². The Morgan fingerprint density at radius 1 is 1.25 bits per heavy atom. The number of piperidine rings is 1. The summed E-state index contributed by atoms with van der Waals surface area (Å²) in [6.07, 6.45) is 3.02. The fourth-order valence-electron chi connectivity index (χ4n) is 2.17. The van der Waals surface area contributed by atoms with Crippen LogP contribution in [0.25, 0.3) is 0 Å². The quantitative estimate of drug-likeness (QED) is 0.854. The molecule has 5 nitrogen and oxygen atoms in total. The summed E-state index contributed by atoms with van der Waals surface area (Å²) in [5.41, 5.74) is 0.240. The number of benzene rings is 1. The van der Waals surface area contributed by atoms with Crippen LogP contribution in [-0.4, -0.2) is 32.3 Å². The average Bonchev–Trinajstić information content (AvgIpc) is 2.40. The zero-order valence-electron chi connectivity index (χ0n) is 10.6. The van der Waals surface area contributed by atoms with E-state index in [0.29, 0.717) is 13.1 Å². The molecule has 0 atom stereocenters. The summed E-state index contributed by atoms with van der Waals surface area (Å²) in [7, 11) is -3.94. The molecule has 0 bridgehead atoms. The fraction of sp³-hybridized carbons (Fsp3) is 0.417. The number of sulfonamides is 1. The van der Waals surface area contributed by atoms with Crippen LogP contribution in [0.2, 0.25) is 5.02 Å². The SMILES string of the molecule is NS(=O)(=O)c1cc(C(=O)N2CCCCC2)cc(Cl)c1Br. The van der Waals surface area contributed by atoms with E-state index < -0.39 is 10.0 Å². The van der Waals surface area contributed by atoms with Crippen LogP contribution in [0.5, 0.6) is 0 Å². The van der Waals surface area contributed by atoms with E-state index in [-0.39, 0.29) is 25.9 Å². The molecular formula is C12H14BrClN2O3S. The molecule has 2 N–H and O–H groups in total. The molecule has 8 heteroatoms. The molecule has 1 aromatic carbocycles. The third-order valence-corrected chi connectivity index (χ3v) is 5.77. The first kappa shape index (κ1) is 15.8. The highest BCUT2D eigenvalue weighted by atomic mass is 79.9. The zero-order chi connectivity index (χ0) is 14.9. The second-order valence-electron chi connectivity index (χ2n) is 4.67. The van der Waals surface area contributed by atoms with E-state index in [1.165, 1.54) is 12.1 Å². The number of nitrogens with two attached hydrogens (primary N) is 1. The molecule has 1 aromatic rings. The third kappa shape index (κ3) is 3.33. The van der Waals surface area contributed by atoms with Crippen molar-refractivity contribution in [2.45, 2.75) is 24.2 Å². The van der Waals surface area contributed by atoms with Crippen molar-refractivity contribution in [1.29, 1.82) is 0 Å². The Bertz CT molecular complexity index is 642. The van der Waals surface area contributed by atoms with Gasteiger partial charge in [-0.1, -0.05) is 11.6 Å². The molecule has 0 aliphatic carbocycles. The van der Waals surface area contributed by atoms with Crippen molar-refractivity contribution < 1.29 is 13.2 Å². The lowest BCUT2D eigenvalue weighted by Crippen LogP contribution is -2.35. The van der Waals surface area contributed by atoms with Gasteiger partial charge in [0.1, 0.15) is 0 Å². The van der Waals surface area contributed by atoms with Crippen LogP contribution in [0.3, 0.4) is 0 Å². The van der Waals surface area contributed by atoms with Gasteiger partial charge in [-0.15, -0.1) is 0 Å². The standard InChI is InChI=1S/C12H14BrClN2O3S/c13-11-9(14)6-8(7-10(11)20(15,18)19)12(17)16-4-2-1-3-5-16/h6-7H,1-5H2,(H2,15,18,19). The van der Waals surface area contributed by atoms with E-state index in [4.69, 9.17) is 16.7 Å². The Hall–Kier alpha value is -0.630. The van der Waals surface area contributed by atoms with Crippen molar-refractivity contribution in [3.8, 4) is 0 Å². The second-order valence-corrected chi connectivity index (χ2v) is 7.40. The van der Waals surface area contributed by atoms with Crippen molar-refractivity contribution in [2.75, 3.05) is 13.1 Å². The fourth-order valence-corrected chi connectivity index (χ4v) is 4.01. The van der Waals surface area contributed by atoms with Crippen LogP contribution in [0.15, 0.2) is 21.5 Å². The smallest absolute Gasteiger partial charge is 0.253 e. The van der Waals surface area contributed by atoms with E-state index in [1.54, 1.807) is 4.90 Å². The summed E-state index contributed by atoms with van der Waals surface area (Å²) in [5.74, 6) is -0.219. The van der Waals surface area contributed by atoms with Gasteiger partial charge in [0.05, 0.1) is 14.4 Å². The Morgan fingerprint density at radius 3 is 2.40 bits per heavy atom. The molecule has 1 saturated heterocycles. The summed E-state index contributed by atoms with van der Waals surface area (Å²) in [5, 5.41) is 5.28. The Labute approximate surface area is 131 Å². The third-order valence-electron chi connectivity index (χ3n) is 3.19. The highest BCUT2D eigenvalue weighted by Crippen LogP contribution is 2.31. The first-order valence-electron chi connectivity index (χ1n) is 6.12. The maximum absolute atomic E-state index is 12.4. The van der Waals surface area contributed by atoms with E-state index >= 15 is 0 Å². The minimum absolute atomic E-state index is 0.150. The lowest BCUT2D eigenvalue weighted by Gasteiger charge is -2.27. The zero-order valence-corrected chi connectivity index (χ0v) is 13.8. The molecule has 0 spiro atoms. The van der Waals surface area contributed by atoms with Crippen molar-refractivity contribution >= 4 is 43.5 Å². The van der Waals surface area contributed by atoms with Crippen LogP contribution in [0.4, 0.5) is 0 Å². The topological polar surface area (TPSA) is 80.5 Å². The second kappa shape index (κ2) is 6.01. The van der Waals surface area contributed by atoms with Gasteiger partial charge in [-0.3, -0.25) is 4.79 Å². The summed E-state index contributed by atoms with van der Waals surface area (Å²) in [6.45, 7) is 1.36. The Balaban J connectivity index is 2.42. The van der Waals surface area contributed by atoms with Crippen molar-refractivity contribution in [3.63, 3.8) is 0 Å². The molecule has 0 aromatic heterocycles. The van der Waals surface area contributed by atoms with Crippen LogP contribution in [0.1, 0.15) is 29.6 Å². The lowest BCUT2D eigenvalue weighted by molar-refractivity contribution is 0.0724. The number of nitrogens with zero attached hydrogens (tertiary/aromatic N) is 1. The van der Waals surface area contributed by atoms with E-state index in [2.05, 4.69) is 15.9 Å². The van der Waals surface area contributed by atoms with Gasteiger partial charge in [-0.25, -0.2) is 13.6 Å². The molecule has 2 rings (SSSR count). The molecule has 20 heavy (non-hydrogen) atoms.